The van der Waals surface area contributed by atoms with Crippen LogP contribution in [0, 0.1) is 0 Å². The zero-order valence-electron chi connectivity index (χ0n) is 34.2. The van der Waals surface area contributed by atoms with Crippen LogP contribution < -0.4 is 0 Å². The summed E-state index contributed by atoms with van der Waals surface area (Å²) in [6.07, 6.45) is 39.6. The Kier molecular flexibility index (Phi) is 38.1. The first-order valence-corrected chi connectivity index (χ1v) is 22.9. The van der Waals surface area contributed by atoms with Crippen molar-refractivity contribution >= 4 is 19.8 Å². The minimum Gasteiger partial charge on any atom is -0.462 e. The monoisotopic (exact) mass is 787 g/mol. The predicted octanol–water partition coefficient (Wildman–Crippen LogP) is 11.2. The van der Waals surface area contributed by atoms with E-state index in [1.165, 1.54) is 77.0 Å². The number of hydrogen-bond acceptors (Lipinski definition) is 9. The highest BCUT2D eigenvalue weighted by Gasteiger charge is 2.27. The van der Waals surface area contributed by atoms with E-state index in [2.05, 4.69) is 54.8 Å². The van der Waals surface area contributed by atoms with Gasteiger partial charge in [0.1, 0.15) is 12.7 Å². The topological polar surface area (TPSA) is 149 Å². The SMILES string of the molecule is CCCCC/C=C\C/C=C\CCCCCCCCCCCC(=O)O[C@H](COC(=O)CCCCCCC/C=C\CCCCC)COP(=O)(O)OC[C@@H](O)CO. The number of carbonyl (C=O) groups excluding carboxylic acids is 2. The number of aliphatic hydroxyl groups excluding tert-OH is 2. The normalized spacial score (nSPS) is 14.2. The van der Waals surface area contributed by atoms with Gasteiger partial charge in [0, 0.05) is 12.8 Å². The number of carbonyl (C=O) groups is 2. The van der Waals surface area contributed by atoms with Crippen LogP contribution in [0.1, 0.15) is 187 Å². The van der Waals surface area contributed by atoms with Crippen molar-refractivity contribution in [3.63, 3.8) is 0 Å². The fourth-order valence-corrected chi connectivity index (χ4v) is 6.45. The van der Waals surface area contributed by atoms with Gasteiger partial charge in [-0.1, -0.05) is 140 Å². The van der Waals surface area contributed by atoms with Crippen molar-refractivity contribution < 1.29 is 47.8 Å². The Balaban J connectivity index is 4.28. The number of unbranched alkanes of at least 4 members (excludes halogenated alkanes) is 20. The summed E-state index contributed by atoms with van der Waals surface area (Å²) in [5.41, 5.74) is 0. The lowest BCUT2D eigenvalue weighted by molar-refractivity contribution is -0.161. The zero-order valence-corrected chi connectivity index (χ0v) is 35.1. The minimum absolute atomic E-state index is 0.178. The van der Waals surface area contributed by atoms with Crippen LogP contribution in [-0.2, 0) is 32.7 Å². The summed E-state index contributed by atoms with van der Waals surface area (Å²) in [4.78, 5) is 34.9. The summed E-state index contributed by atoms with van der Waals surface area (Å²) in [5, 5.41) is 18.3. The second kappa shape index (κ2) is 39.4. The molecule has 0 aromatic heterocycles. The Morgan fingerprint density at radius 1 is 0.556 bits per heavy atom. The molecule has 3 N–H and O–H groups in total. The van der Waals surface area contributed by atoms with Gasteiger partial charge >= 0.3 is 19.8 Å². The second-order valence-corrected chi connectivity index (χ2v) is 15.8. The van der Waals surface area contributed by atoms with Gasteiger partial charge in [0.15, 0.2) is 6.10 Å². The van der Waals surface area contributed by atoms with Crippen LogP contribution in [0.25, 0.3) is 0 Å². The van der Waals surface area contributed by atoms with Crippen molar-refractivity contribution in [2.45, 2.75) is 199 Å². The third-order valence-electron chi connectivity index (χ3n) is 9.02. The number of rotatable bonds is 40. The molecule has 0 spiro atoms. The van der Waals surface area contributed by atoms with Gasteiger partial charge in [-0.15, -0.1) is 0 Å². The average molecular weight is 787 g/mol. The van der Waals surface area contributed by atoms with E-state index in [9.17, 15) is 24.2 Å². The first kappa shape index (κ1) is 52.2. The summed E-state index contributed by atoms with van der Waals surface area (Å²) in [5.74, 6) is -0.939. The molecule has 0 aromatic carbocycles. The molecule has 0 aromatic rings. The minimum atomic E-state index is -4.62. The molecule has 0 heterocycles. The summed E-state index contributed by atoms with van der Waals surface area (Å²) in [6.45, 7) is 2.32. The van der Waals surface area contributed by atoms with E-state index in [0.29, 0.717) is 12.8 Å². The van der Waals surface area contributed by atoms with Crippen LogP contribution in [0.3, 0.4) is 0 Å². The van der Waals surface area contributed by atoms with Gasteiger partial charge in [-0.25, -0.2) is 4.57 Å². The lowest BCUT2D eigenvalue weighted by Gasteiger charge is -2.20. The summed E-state index contributed by atoms with van der Waals surface area (Å²) in [6, 6.07) is 0. The van der Waals surface area contributed by atoms with E-state index >= 15 is 0 Å². The predicted molar refractivity (Wildman–Crippen MR) is 219 cm³/mol. The number of ether oxygens (including phenoxy) is 2. The van der Waals surface area contributed by atoms with E-state index in [-0.39, 0.29) is 19.4 Å². The van der Waals surface area contributed by atoms with E-state index in [4.69, 9.17) is 19.1 Å². The van der Waals surface area contributed by atoms with Gasteiger partial charge < -0.3 is 24.6 Å². The Labute approximate surface area is 329 Å². The fourth-order valence-electron chi connectivity index (χ4n) is 5.66. The number of phosphoric acid groups is 1. The van der Waals surface area contributed by atoms with Crippen molar-refractivity contribution in [1.29, 1.82) is 0 Å². The van der Waals surface area contributed by atoms with Crippen molar-refractivity contribution in [2.24, 2.45) is 0 Å². The molecule has 0 radical (unpaired) electrons. The summed E-state index contributed by atoms with van der Waals surface area (Å²) < 4.78 is 32.7. The number of hydrogen-bond donors (Lipinski definition) is 3. The molecule has 0 amide bonds. The maximum atomic E-state index is 12.6. The highest BCUT2D eigenvalue weighted by atomic mass is 31.2. The van der Waals surface area contributed by atoms with Crippen molar-refractivity contribution in [1.82, 2.24) is 0 Å². The van der Waals surface area contributed by atoms with E-state index in [0.717, 1.165) is 70.6 Å². The molecular weight excluding hydrogens is 707 g/mol. The number of aliphatic hydroxyl groups is 2. The van der Waals surface area contributed by atoms with Crippen LogP contribution >= 0.6 is 7.82 Å². The van der Waals surface area contributed by atoms with E-state index in [1.807, 2.05) is 0 Å². The zero-order chi connectivity index (χ0) is 39.8. The molecule has 11 heteroatoms. The molecule has 0 rings (SSSR count). The molecule has 54 heavy (non-hydrogen) atoms. The quantitative estimate of drug-likeness (QED) is 0.0237. The van der Waals surface area contributed by atoms with Crippen molar-refractivity contribution in [3.05, 3.63) is 36.5 Å². The molecule has 0 aliphatic rings. The smallest absolute Gasteiger partial charge is 0.462 e. The van der Waals surface area contributed by atoms with Gasteiger partial charge in [0.25, 0.3) is 0 Å². The van der Waals surface area contributed by atoms with Crippen LogP contribution in [0.5, 0.6) is 0 Å². The van der Waals surface area contributed by atoms with Crippen LogP contribution in [0.4, 0.5) is 0 Å². The third kappa shape index (κ3) is 38.5. The largest absolute Gasteiger partial charge is 0.472 e. The van der Waals surface area contributed by atoms with E-state index in [1.54, 1.807) is 0 Å². The Morgan fingerprint density at radius 3 is 1.44 bits per heavy atom. The molecular formula is C43H79O10P. The van der Waals surface area contributed by atoms with Gasteiger partial charge in [-0.05, 0) is 70.6 Å². The maximum Gasteiger partial charge on any atom is 0.472 e. The molecule has 3 atom stereocenters. The Bertz CT molecular complexity index is 999. The van der Waals surface area contributed by atoms with Gasteiger partial charge in [-0.2, -0.15) is 0 Å². The second-order valence-electron chi connectivity index (χ2n) is 14.4. The first-order valence-electron chi connectivity index (χ1n) is 21.4. The number of phosphoric ester groups is 1. The molecule has 0 saturated carbocycles. The number of allylic oxidation sites excluding steroid dienone is 6. The fraction of sp³-hybridized carbons (Fsp3) is 0.814. The molecule has 0 fully saturated rings. The van der Waals surface area contributed by atoms with Crippen LogP contribution in [0.15, 0.2) is 36.5 Å². The molecule has 0 aliphatic heterocycles. The first-order chi connectivity index (χ1) is 26.2. The molecule has 0 saturated heterocycles. The molecule has 0 bridgehead atoms. The molecule has 0 aliphatic carbocycles. The summed E-state index contributed by atoms with van der Waals surface area (Å²) in [7, 11) is -4.62. The van der Waals surface area contributed by atoms with Crippen LogP contribution in [0.2, 0.25) is 0 Å². The maximum absolute atomic E-state index is 12.6. The highest BCUT2D eigenvalue weighted by molar-refractivity contribution is 7.47. The molecule has 10 nitrogen and oxygen atoms in total. The van der Waals surface area contributed by atoms with Gasteiger partial charge in [0.2, 0.25) is 0 Å². The van der Waals surface area contributed by atoms with Crippen molar-refractivity contribution in [3.8, 4) is 0 Å². The molecule has 316 valence electrons. The van der Waals surface area contributed by atoms with Crippen molar-refractivity contribution in [2.75, 3.05) is 26.4 Å². The summed E-state index contributed by atoms with van der Waals surface area (Å²) >= 11 is 0. The standard InChI is InChI=1S/C43H79O10P/c1-3-5-7-9-11-13-15-17-18-19-20-21-22-23-25-27-29-31-33-35-43(47)53-41(39-52-54(48,49)51-37-40(45)36-44)38-50-42(46)34-32-30-28-26-24-16-14-12-10-8-6-4-2/h11-14,17-18,40-41,44-45H,3-10,15-16,19-39H2,1-2H3,(H,48,49)/b13-11-,14-12-,18-17-/t40-,41+/m0/s1. The highest BCUT2D eigenvalue weighted by Crippen LogP contribution is 2.43. The molecule has 1 unspecified atom stereocenters. The Hall–Kier alpha value is -1.81. The number of esters is 2. The van der Waals surface area contributed by atoms with E-state index < -0.39 is 51.8 Å². The lowest BCUT2D eigenvalue weighted by Crippen LogP contribution is -2.29. The Morgan fingerprint density at radius 2 is 0.963 bits per heavy atom. The third-order valence-corrected chi connectivity index (χ3v) is 9.97. The average Bonchev–Trinajstić information content (AvgIpc) is 3.16. The lowest BCUT2D eigenvalue weighted by atomic mass is 10.1. The van der Waals surface area contributed by atoms with Gasteiger partial charge in [0.05, 0.1) is 19.8 Å². The van der Waals surface area contributed by atoms with Gasteiger partial charge in [-0.3, -0.25) is 18.6 Å². The van der Waals surface area contributed by atoms with Crippen LogP contribution in [-0.4, -0.2) is 65.7 Å².